The van der Waals surface area contributed by atoms with Crippen LogP contribution >= 0.6 is 0 Å². The molecule has 1 atom stereocenters. The summed E-state index contributed by atoms with van der Waals surface area (Å²) in [5.74, 6) is 0.671. The first kappa shape index (κ1) is 7.63. The zero-order valence-corrected chi connectivity index (χ0v) is 6.98. The quantitative estimate of drug-likeness (QED) is 0.523. The minimum Gasteiger partial charge on any atom is -0.133 e. The van der Waals surface area contributed by atoms with E-state index in [4.69, 9.17) is 0 Å². The summed E-state index contributed by atoms with van der Waals surface area (Å²) < 4.78 is 0. The van der Waals surface area contributed by atoms with Crippen LogP contribution in [0.15, 0.2) is 18.4 Å². The van der Waals surface area contributed by atoms with E-state index in [1.807, 2.05) is 0 Å². The van der Waals surface area contributed by atoms with Gasteiger partial charge < -0.3 is 0 Å². The molecular formula is C10H16. The molecule has 0 aliphatic heterocycles. The Morgan fingerprint density at radius 3 is 2.70 bits per heavy atom. The monoisotopic (exact) mass is 136 g/mol. The zero-order valence-electron chi connectivity index (χ0n) is 6.98. The molecule has 0 spiro atoms. The van der Waals surface area contributed by atoms with Gasteiger partial charge in [0.25, 0.3) is 0 Å². The average Bonchev–Trinajstić information content (AvgIpc) is 2.48. The van der Waals surface area contributed by atoms with Gasteiger partial charge in [0, 0.05) is 0 Å². The zero-order chi connectivity index (χ0) is 7.61. The molecule has 0 saturated heterocycles. The third-order valence-electron chi connectivity index (χ3n) is 2.32. The molecule has 0 amide bonds. The molecule has 0 nitrogen and oxygen atoms in total. The topological polar surface area (TPSA) is 0 Å². The van der Waals surface area contributed by atoms with Crippen molar-refractivity contribution >= 4 is 0 Å². The fourth-order valence-electron chi connectivity index (χ4n) is 1.45. The molecule has 1 saturated carbocycles. The van der Waals surface area contributed by atoms with E-state index in [1.165, 1.54) is 19.3 Å². The number of hydrogen-bond acceptors (Lipinski definition) is 0. The molecule has 0 radical (unpaired) electrons. The lowest BCUT2D eigenvalue weighted by Gasteiger charge is -2.10. The third kappa shape index (κ3) is 2.04. The maximum atomic E-state index is 3.57. The molecule has 1 rings (SSSR count). The molecule has 56 valence electrons. The van der Waals surface area contributed by atoms with Gasteiger partial charge in [0.05, 0.1) is 0 Å². The van der Waals surface area contributed by atoms with Crippen LogP contribution in [0, 0.1) is 11.3 Å². The van der Waals surface area contributed by atoms with Crippen molar-refractivity contribution in [3.63, 3.8) is 0 Å². The maximum absolute atomic E-state index is 3.57. The van der Waals surface area contributed by atoms with Crippen LogP contribution in [0.5, 0.6) is 0 Å². The molecule has 1 unspecified atom stereocenters. The Kier molecular flexibility index (Phi) is 2.01. The normalized spacial score (nSPS) is 23.0. The highest BCUT2D eigenvalue weighted by Crippen LogP contribution is 2.49. The van der Waals surface area contributed by atoms with E-state index in [1.54, 1.807) is 0 Å². The summed E-state index contributed by atoms with van der Waals surface area (Å²) in [5, 5.41) is 0. The van der Waals surface area contributed by atoms with E-state index >= 15 is 0 Å². The fourth-order valence-corrected chi connectivity index (χ4v) is 1.45. The summed E-state index contributed by atoms with van der Waals surface area (Å²) in [6.45, 7) is 8.17. The van der Waals surface area contributed by atoms with E-state index < -0.39 is 0 Å². The highest BCUT2D eigenvalue weighted by atomic mass is 14.4. The Labute approximate surface area is 63.6 Å². The molecule has 1 aliphatic rings. The van der Waals surface area contributed by atoms with Crippen molar-refractivity contribution in [2.24, 2.45) is 11.3 Å². The first-order valence-corrected chi connectivity index (χ1v) is 4.02. The molecule has 1 aliphatic carbocycles. The van der Waals surface area contributed by atoms with Crippen LogP contribution in [-0.2, 0) is 0 Å². The van der Waals surface area contributed by atoms with Crippen LogP contribution in [0.2, 0.25) is 0 Å². The smallest absolute Gasteiger partial charge is 0.0181 e. The highest BCUT2D eigenvalue weighted by Gasteiger charge is 2.37. The Hall–Kier alpha value is -0.480. The Morgan fingerprint density at radius 1 is 1.70 bits per heavy atom. The summed E-state index contributed by atoms with van der Waals surface area (Å²) in [7, 11) is 0. The fraction of sp³-hybridized carbons (Fsp3) is 0.700. The standard InChI is InChI=1S/C10H16/c1-4-5-9(2)8-10(3)6-7-10/h5,9H,1,6-8H2,2-3H3. The number of hydrogen-bond donors (Lipinski definition) is 0. The molecule has 1 fully saturated rings. The number of allylic oxidation sites excluding steroid dienone is 1. The van der Waals surface area contributed by atoms with Crippen molar-refractivity contribution in [1.82, 2.24) is 0 Å². The molecular weight excluding hydrogens is 120 g/mol. The van der Waals surface area contributed by atoms with Crippen molar-refractivity contribution in [2.45, 2.75) is 33.1 Å². The van der Waals surface area contributed by atoms with Crippen molar-refractivity contribution in [1.29, 1.82) is 0 Å². The van der Waals surface area contributed by atoms with Gasteiger partial charge in [-0.3, -0.25) is 0 Å². The van der Waals surface area contributed by atoms with Gasteiger partial charge in [0.15, 0.2) is 0 Å². The minimum atomic E-state index is 0.671. The summed E-state index contributed by atoms with van der Waals surface area (Å²) >= 11 is 0. The summed E-state index contributed by atoms with van der Waals surface area (Å²) in [4.78, 5) is 0. The third-order valence-corrected chi connectivity index (χ3v) is 2.32. The first-order chi connectivity index (χ1) is 4.66. The number of rotatable bonds is 3. The van der Waals surface area contributed by atoms with Crippen molar-refractivity contribution < 1.29 is 0 Å². The van der Waals surface area contributed by atoms with Crippen molar-refractivity contribution in [3.8, 4) is 0 Å². The SMILES string of the molecule is C=C=CC(C)CC1(C)CC1. The van der Waals surface area contributed by atoms with Crippen LogP contribution in [0.3, 0.4) is 0 Å². The predicted octanol–water partition coefficient (Wildman–Crippen LogP) is 3.15. The molecule has 0 heterocycles. The predicted molar refractivity (Wildman–Crippen MR) is 44.8 cm³/mol. The van der Waals surface area contributed by atoms with Crippen LogP contribution in [0.25, 0.3) is 0 Å². The average molecular weight is 136 g/mol. The van der Waals surface area contributed by atoms with E-state index in [2.05, 4.69) is 32.2 Å². The lowest BCUT2D eigenvalue weighted by molar-refractivity contribution is 0.450. The molecule has 0 aromatic rings. The van der Waals surface area contributed by atoms with Gasteiger partial charge >= 0.3 is 0 Å². The molecule has 0 aromatic heterocycles. The summed E-state index contributed by atoms with van der Waals surface area (Å²) in [5.41, 5.74) is 3.52. The minimum absolute atomic E-state index is 0.671. The largest absolute Gasteiger partial charge is 0.133 e. The summed E-state index contributed by atoms with van der Waals surface area (Å²) in [6, 6.07) is 0. The molecule has 10 heavy (non-hydrogen) atoms. The molecule has 0 N–H and O–H groups in total. The van der Waals surface area contributed by atoms with Crippen molar-refractivity contribution in [3.05, 3.63) is 18.4 Å². The van der Waals surface area contributed by atoms with Gasteiger partial charge in [-0.1, -0.05) is 20.4 Å². The second-order valence-corrected chi connectivity index (χ2v) is 3.86. The van der Waals surface area contributed by atoms with Crippen LogP contribution in [0.1, 0.15) is 33.1 Å². The van der Waals surface area contributed by atoms with E-state index in [-0.39, 0.29) is 0 Å². The Bertz CT molecular complexity index is 157. The van der Waals surface area contributed by atoms with Gasteiger partial charge in [-0.25, -0.2) is 0 Å². The molecule has 0 heteroatoms. The van der Waals surface area contributed by atoms with E-state index in [9.17, 15) is 0 Å². The van der Waals surface area contributed by atoms with Gasteiger partial charge in [-0.15, -0.1) is 5.73 Å². The lowest BCUT2D eigenvalue weighted by Crippen LogP contribution is -1.99. The maximum Gasteiger partial charge on any atom is -0.0181 e. The molecule has 0 bridgehead atoms. The second-order valence-electron chi connectivity index (χ2n) is 3.86. The van der Waals surface area contributed by atoms with Crippen LogP contribution in [0.4, 0.5) is 0 Å². The highest BCUT2D eigenvalue weighted by molar-refractivity contribution is 4.94. The van der Waals surface area contributed by atoms with Gasteiger partial charge in [0.1, 0.15) is 0 Å². The Morgan fingerprint density at radius 2 is 2.30 bits per heavy atom. The van der Waals surface area contributed by atoms with Gasteiger partial charge in [-0.2, -0.15) is 0 Å². The second kappa shape index (κ2) is 2.64. The van der Waals surface area contributed by atoms with E-state index in [0.29, 0.717) is 11.3 Å². The van der Waals surface area contributed by atoms with Crippen LogP contribution < -0.4 is 0 Å². The van der Waals surface area contributed by atoms with Gasteiger partial charge in [-0.05, 0) is 36.7 Å². The summed E-state index contributed by atoms with van der Waals surface area (Å²) in [6.07, 6.45) is 6.23. The first-order valence-electron chi connectivity index (χ1n) is 4.02. The lowest BCUT2D eigenvalue weighted by atomic mass is 9.95. The van der Waals surface area contributed by atoms with Gasteiger partial charge in [0.2, 0.25) is 0 Å². The van der Waals surface area contributed by atoms with Crippen molar-refractivity contribution in [2.75, 3.05) is 0 Å². The van der Waals surface area contributed by atoms with E-state index in [0.717, 1.165) is 0 Å². The van der Waals surface area contributed by atoms with Crippen LogP contribution in [-0.4, -0.2) is 0 Å². The Balaban J connectivity index is 2.30. The molecule has 0 aromatic carbocycles.